The average Bonchev–Trinajstić information content (AvgIpc) is 2.54. The molecule has 0 aromatic heterocycles. The first-order valence-electron chi connectivity index (χ1n) is 8.49. The molecule has 1 fully saturated rings. The van der Waals surface area contributed by atoms with E-state index in [1.165, 1.54) is 31.4 Å². The Morgan fingerprint density at radius 2 is 1.92 bits per heavy atom. The average molecular weight is 362 g/mol. The molecule has 1 aromatic rings. The van der Waals surface area contributed by atoms with Crippen LogP contribution in [0.25, 0.3) is 0 Å². The van der Waals surface area contributed by atoms with Crippen molar-refractivity contribution in [2.45, 2.75) is 58.0 Å². The molecule has 0 unspecified atom stereocenters. The molecule has 1 N–H and O–H groups in total. The van der Waals surface area contributed by atoms with E-state index in [0.717, 1.165) is 31.7 Å². The van der Waals surface area contributed by atoms with Crippen LogP contribution >= 0.6 is 11.6 Å². The highest BCUT2D eigenvalue weighted by Gasteiger charge is 2.34. The molecular formula is C18H23ClF3NO. The van der Waals surface area contributed by atoms with Gasteiger partial charge in [0.1, 0.15) is 0 Å². The molecule has 1 aliphatic rings. The minimum Gasteiger partial charge on any atom is -0.326 e. The third-order valence-corrected chi connectivity index (χ3v) is 5.05. The molecule has 0 saturated heterocycles. The highest BCUT2D eigenvalue weighted by atomic mass is 35.5. The fraction of sp³-hybridized carbons (Fsp3) is 0.611. The van der Waals surface area contributed by atoms with Crippen LogP contribution in [-0.4, -0.2) is 5.91 Å². The van der Waals surface area contributed by atoms with E-state index in [-0.39, 0.29) is 22.5 Å². The number of halogens is 4. The van der Waals surface area contributed by atoms with Crippen LogP contribution in [-0.2, 0) is 11.0 Å². The quantitative estimate of drug-likeness (QED) is 0.655. The molecule has 1 amide bonds. The van der Waals surface area contributed by atoms with Crippen LogP contribution < -0.4 is 5.32 Å². The van der Waals surface area contributed by atoms with E-state index in [1.54, 1.807) is 0 Å². The van der Waals surface area contributed by atoms with E-state index < -0.39 is 11.7 Å². The van der Waals surface area contributed by atoms with Gasteiger partial charge in [-0.05, 0) is 49.8 Å². The van der Waals surface area contributed by atoms with Crippen LogP contribution in [0.15, 0.2) is 18.2 Å². The summed E-state index contributed by atoms with van der Waals surface area (Å²) in [6.07, 6.45) is 2.72. The lowest BCUT2D eigenvalue weighted by Gasteiger charge is -2.27. The minimum atomic E-state index is -4.53. The summed E-state index contributed by atoms with van der Waals surface area (Å²) in [5, 5.41) is 2.25. The molecule has 1 aliphatic carbocycles. The Kier molecular flexibility index (Phi) is 6.55. The third-order valence-electron chi connectivity index (χ3n) is 4.72. The lowest BCUT2D eigenvalue weighted by atomic mass is 9.79. The molecule has 0 radical (unpaired) electrons. The molecule has 0 heterocycles. The number of rotatable bonds is 5. The van der Waals surface area contributed by atoms with Crippen molar-refractivity contribution >= 4 is 23.2 Å². The number of benzene rings is 1. The molecule has 1 aromatic carbocycles. The van der Waals surface area contributed by atoms with Gasteiger partial charge in [0.05, 0.1) is 10.6 Å². The zero-order valence-corrected chi connectivity index (χ0v) is 14.5. The van der Waals surface area contributed by atoms with Crippen LogP contribution in [0.1, 0.15) is 57.4 Å². The van der Waals surface area contributed by atoms with Gasteiger partial charge < -0.3 is 5.32 Å². The van der Waals surface area contributed by atoms with Gasteiger partial charge >= 0.3 is 6.18 Å². The lowest BCUT2D eigenvalue weighted by molar-refractivity contribution is -0.137. The summed E-state index contributed by atoms with van der Waals surface area (Å²) < 4.78 is 38.6. The van der Waals surface area contributed by atoms with Crippen LogP contribution in [0.5, 0.6) is 0 Å². The van der Waals surface area contributed by atoms with Crippen molar-refractivity contribution in [1.82, 2.24) is 0 Å². The van der Waals surface area contributed by atoms with Crippen LogP contribution in [0.4, 0.5) is 18.9 Å². The number of carbonyl (C=O) groups is 1. The van der Waals surface area contributed by atoms with Gasteiger partial charge in [0.25, 0.3) is 0 Å². The highest BCUT2D eigenvalue weighted by molar-refractivity contribution is 6.31. The van der Waals surface area contributed by atoms with E-state index in [1.807, 2.05) is 0 Å². The fourth-order valence-electron chi connectivity index (χ4n) is 3.27. The maximum absolute atomic E-state index is 12.9. The molecule has 24 heavy (non-hydrogen) atoms. The van der Waals surface area contributed by atoms with Gasteiger partial charge in [0, 0.05) is 11.6 Å². The smallest absolute Gasteiger partial charge is 0.326 e. The number of unbranched alkanes of at least 4 members (excludes halogenated alkanes) is 1. The second-order valence-electron chi connectivity index (χ2n) is 6.54. The zero-order valence-electron chi connectivity index (χ0n) is 13.8. The Hall–Kier alpha value is -1.23. The first-order chi connectivity index (χ1) is 11.3. The summed E-state index contributed by atoms with van der Waals surface area (Å²) in [5.74, 6) is 0.369. The molecule has 6 heteroatoms. The van der Waals surface area contributed by atoms with Crippen molar-refractivity contribution in [3.8, 4) is 0 Å². The van der Waals surface area contributed by atoms with Gasteiger partial charge in [-0.1, -0.05) is 37.8 Å². The molecule has 0 atom stereocenters. The predicted octanol–water partition coefficient (Wildman–Crippen LogP) is 6.29. The molecule has 1 saturated carbocycles. The first-order valence-corrected chi connectivity index (χ1v) is 8.86. The molecule has 134 valence electrons. The SMILES string of the molecule is CCCCC1CCC(C(=O)Nc2ccc(Cl)c(C(F)(F)F)c2)CC1. The summed E-state index contributed by atoms with van der Waals surface area (Å²) in [7, 11) is 0. The van der Waals surface area contributed by atoms with Gasteiger partial charge in [0.15, 0.2) is 0 Å². The summed E-state index contributed by atoms with van der Waals surface area (Å²) >= 11 is 5.59. The van der Waals surface area contributed by atoms with E-state index in [0.29, 0.717) is 5.92 Å². The summed E-state index contributed by atoms with van der Waals surface area (Å²) in [5.41, 5.74) is -0.782. The standard InChI is InChI=1S/C18H23ClF3NO/c1-2-3-4-12-5-7-13(8-6-12)17(24)23-14-9-10-16(19)15(11-14)18(20,21)22/h9-13H,2-8H2,1H3,(H,23,24). The number of hydrogen-bond donors (Lipinski definition) is 1. The number of amides is 1. The maximum Gasteiger partial charge on any atom is 0.417 e. The van der Waals surface area contributed by atoms with Crippen molar-refractivity contribution < 1.29 is 18.0 Å². The molecule has 2 rings (SSSR count). The maximum atomic E-state index is 12.9. The second kappa shape index (κ2) is 8.24. The Balaban J connectivity index is 1.94. The Morgan fingerprint density at radius 1 is 1.25 bits per heavy atom. The van der Waals surface area contributed by atoms with Gasteiger partial charge in [-0.3, -0.25) is 4.79 Å². The summed E-state index contributed by atoms with van der Waals surface area (Å²) in [6.45, 7) is 2.17. The first kappa shape index (κ1) is 19.1. The van der Waals surface area contributed by atoms with Gasteiger partial charge in [-0.25, -0.2) is 0 Å². The third kappa shape index (κ3) is 5.13. The summed E-state index contributed by atoms with van der Waals surface area (Å²) in [4.78, 5) is 12.3. The van der Waals surface area contributed by atoms with Crippen LogP contribution in [0.2, 0.25) is 5.02 Å². The lowest BCUT2D eigenvalue weighted by Crippen LogP contribution is -2.27. The summed E-state index contributed by atoms with van der Waals surface area (Å²) in [6, 6.07) is 3.47. The van der Waals surface area contributed by atoms with Crippen molar-refractivity contribution in [3.05, 3.63) is 28.8 Å². The predicted molar refractivity (Wildman–Crippen MR) is 90.1 cm³/mol. The van der Waals surface area contributed by atoms with E-state index in [2.05, 4.69) is 12.2 Å². The topological polar surface area (TPSA) is 29.1 Å². The highest BCUT2D eigenvalue weighted by Crippen LogP contribution is 2.37. The van der Waals surface area contributed by atoms with E-state index in [9.17, 15) is 18.0 Å². The second-order valence-corrected chi connectivity index (χ2v) is 6.95. The van der Waals surface area contributed by atoms with Crippen LogP contribution in [0, 0.1) is 11.8 Å². The van der Waals surface area contributed by atoms with E-state index in [4.69, 9.17) is 11.6 Å². The number of alkyl halides is 3. The number of nitrogens with one attached hydrogen (secondary N) is 1. The normalized spacial score (nSPS) is 21.5. The van der Waals surface area contributed by atoms with E-state index >= 15 is 0 Å². The Bertz CT molecular complexity index is 566. The van der Waals surface area contributed by atoms with Gasteiger partial charge in [-0.2, -0.15) is 13.2 Å². The largest absolute Gasteiger partial charge is 0.417 e. The van der Waals surface area contributed by atoms with Crippen molar-refractivity contribution in [3.63, 3.8) is 0 Å². The molecule has 0 bridgehead atoms. The van der Waals surface area contributed by atoms with Crippen molar-refractivity contribution in [2.75, 3.05) is 5.32 Å². The van der Waals surface area contributed by atoms with Gasteiger partial charge in [-0.15, -0.1) is 0 Å². The fourth-order valence-corrected chi connectivity index (χ4v) is 3.50. The van der Waals surface area contributed by atoms with Crippen molar-refractivity contribution in [1.29, 1.82) is 0 Å². The Labute approximate surface area is 145 Å². The molecule has 0 spiro atoms. The molecule has 0 aliphatic heterocycles. The minimum absolute atomic E-state index is 0.118. The zero-order chi connectivity index (χ0) is 17.7. The number of carbonyl (C=O) groups excluding carboxylic acids is 1. The van der Waals surface area contributed by atoms with Crippen molar-refractivity contribution in [2.24, 2.45) is 11.8 Å². The number of hydrogen-bond acceptors (Lipinski definition) is 1. The number of anilines is 1. The molecule has 2 nitrogen and oxygen atoms in total. The molecular weight excluding hydrogens is 339 g/mol. The Morgan fingerprint density at radius 3 is 2.50 bits per heavy atom. The van der Waals surface area contributed by atoms with Gasteiger partial charge in [0.2, 0.25) is 5.91 Å². The van der Waals surface area contributed by atoms with Crippen LogP contribution in [0.3, 0.4) is 0 Å². The monoisotopic (exact) mass is 361 g/mol.